The Bertz CT molecular complexity index is 3280. The third-order valence-corrected chi connectivity index (χ3v) is 12.3. The summed E-state index contributed by atoms with van der Waals surface area (Å²) in [6.07, 6.45) is 0. The zero-order chi connectivity index (χ0) is 39.1. The maximum atomic E-state index is 10.1. The minimum atomic E-state index is -0.477. The minimum absolute atomic E-state index is 0.477. The molecule has 0 amide bonds. The summed E-state index contributed by atoms with van der Waals surface area (Å²) in [5, 5.41) is 14.7. The van der Waals surface area contributed by atoms with Crippen molar-refractivity contribution in [2.45, 2.75) is 5.41 Å². The van der Waals surface area contributed by atoms with E-state index in [1.54, 1.807) is 0 Å². The molecule has 0 aliphatic heterocycles. The number of hydrogen-bond donors (Lipinski definition) is 0. The summed E-state index contributed by atoms with van der Waals surface area (Å²) < 4.78 is 0. The van der Waals surface area contributed by atoms with Gasteiger partial charge in [-0.05, 0) is 114 Å². The Hall–Kier alpha value is -8.00. The summed E-state index contributed by atoms with van der Waals surface area (Å²) >= 11 is 0. The molecule has 9 aromatic carbocycles. The smallest absolute Gasteiger partial charge is 0.164 e. The largest absolute Gasteiger partial charge is 0.208 e. The monoisotopic (exact) mass is 748 g/mol. The van der Waals surface area contributed by atoms with E-state index in [-0.39, 0.29) is 0 Å². The quantitative estimate of drug-likeness (QED) is 0.180. The summed E-state index contributed by atoms with van der Waals surface area (Å²) in [6, 6.07) is 71.0. The highest BCUT2D eigenvalue weighted by atomic mass is 15.0. The molecule has 2 aliphatic carbocycles. The highest BCUT2D eigenvalue weighted by Crippen LogP contribution is 2.63. The van der Waals surface area contributed by atoms with Gasteiger partial charge in [-0.3, -0.25) is 0 Å². The van der Waals surface area contributed by atoms with Gasteiger partial charge in [0.25, 0.3) is 0 Å². The normalized spacial score (nSPS) is 12.9. The maximum Gasteiger partial charge on any atom is 0.164 e. The number of rotatable bonds is 4. The van der Waals surface area contributed by atoms with Crippen LogP contribution in [-0.4, -0.2) is 15.0 Å². The van der Waals surface area contributed by atoms with Gasteiger partial charge in [0, 0.05) is 16.7 Å². The molecule has 0 fully saturated rings. The number of nitrogens with zero attached hydrogens (tertiary/aromatic N) is 4. The van der Waals surface area contributed by atoms with Gasteiger partial charge in [0.05, 0.1) is 17.0 Å². The first-order chi connectivity index (χ1) is 29.2. The molecule has 2 aliphatic rings. The van der Waals surface area contributed by atoms with Crippen LogP contribution >= 0.6 is 0 Å². The number of benzene rings is 9. The summed E-state index contributed by atoms with van der Waals surface area (Å²) in [4.78, 5) is 15.4. The van der Waals surface area contributed by atoms with E-state index in [4.69, 9.17) is 15.0 Å². The molecule has 0 atom stereocenters. The molecule has 4 nitrogen and oxygen atoms in total. The lowest BCUT2D eigenvalue weighted by molar-refractivity contribution is 0.794. The van der Waals surface area contributed by atoms with E-state index in [1.165, 1.54) is 44.2 Å². The van der Waals surface area contributed by atoms with Crippen LogP contribution in [0.2, 0.25) is 0 Å². The molecule has 1 aromatic heterocycles. The number of nitriles is 1. The summed E-state index contributed by atoms with van der Waals surface area (Å²) in [6.45, 7) is 0. The van der Waals surface area contributed by atoms with E-state index in [0.29, 0.717) is 23.0 Å². The van der Waals surface area contributed by atoms with Crippen molar-refractivity contribution >= 4 is 21.5 Å². The lowest BCUT2D eigenvalue weighted by Gasteiger charge is -2.30. The van der Waals surface area contributed by atoms with Crippen molar-refractivity contribution in [3.8, 4) is 73.6 Å². The number of fused-ring (bicyclic) bond motifs is 12. The second-order valence-corrected chi connectivity index (χ2v) is 15.5. The van der Waals surface area contributed by atoms with Crippen molar-refractivity contribution in [1.82, 2.24) is 15.0 Å². The second-order valence-electron chi connectivity index (χ2n) is 15.5. The minimum Gasteiger partial charge on any atom is -0.208 e. The molecule has 0 N–H and O–H groups in total. The van der Waals surface area contributed by atoms with Gasteiger partial charge in [0.2, 0.25) is 0 Å². The van der Waals surface area contributed by atoms with E-state index in [0.717, 1.165) is 49.7 Å². The average molecular weight is 749 g/mol. The fraction of sp³-hybridized carbons (Fsp3) is 0.0182. The van der Waals surface area contributed by atoms with Crippen molar-refractivity contribution in [2.24, 2.45) is 0 Å². The van der Waals surface area contributed by atoms with Crippen LogP contribution in [0.15, 0.2) is 194 Å². The zero-order valence-electron chi connectivity index (χ0n) is 31.8. The van der Waals surface area contributed by atoms with Crippen molar-refractivity contribution in [3.63, 3.8) is 0 Å². The van der Waals surface area contributed by atoms with Crippen LogP contribution in [0.25, 0.3) is 89.1 Å². The molecule has 12 rings (SSSR count). The van der Waals surface area contributed by atoms with Gasteiger partial charge in [-0.2, -0.15) is 5.26 Å². The van der Waals surface area contributed by atoms with E-state index < -0.39 is 5.41 Å². The van der Waals surface area contributed by atoms with Crippen LogP contribution in [-0.2, 0) is 5.41 Å². The zero-order valence-corrected chi connectivity index (χ0v) is 31.8. The molecule has 0 saturated carbocycles. The second kappa shape index (κ2) is 12.8. The fourth-order valence-corrected chi connectivity index (χ4v) is 9.66. The molecule has 0 bridgehead atoms. The topological polar surface area (TPSA) is 62.5 Å². The van der Waals surface area contributed by atoms with E-state index in [9.17, 15) is 5.26 Å². The lowest BCUT2D eigenvalue weighted by atomic mass is 9.70. The Balaban J connectivity index is 1.02. The van der Waals surface area contributed by atoms with Gasteiger partial charge < -0.3 is 0 Å². The first-order valence-electron chi connectivity index (χ1n) is 19.9. The van der Waals surface area contributed by atoms with Crippen LogP contribution < -0.4 is 0 Å². The van der Waals surface area contributed by atoms with Crippen LogP contribution in [0.5, 0.6) is 0 Å². The van der Waals surface area contributed by atoms with E-state index in [2.05, 4.69) is 194 Å². The Morgan fingerprint density at radius 3 is 1.36 bits per heavy atom. The van der Waals surface area contributed by atoms with Crippen LogP contribution in [0.3, 0.4) is 0 Å². The van der Waals surface area contributed by atoms with E-state index in [1.807, 2.05) is 6.07 Å². The molecule has 0 saturated heterocycles. The summed E-state index contributed by atoms with van der Waals surface area (Å²) in [5.41, 5.74) is 14.8. The van der Waals surface area contributed by atoms with Crippen LogP contribution in [0, 0.1) is 11.3 Å². The van der Waals surface area contributed by atoms with Crippen LogP contribution in [0.4, 0.5) is 0 Å². The third kappa shape index (κ3) is 4.99. The number of hydrogen-bond acceptors (Lipinski definition) is 4. The fourth-order valence-electron chi connectivity index (χ4n) is 9.66. The van der Waals surface area contributed by atoms with Gasteiger partial charge >= 0.3 is 0 Å². The van der Waals surface area contributed by atoms with Gasteiger partial charge in [-0.25, -0.2) is 15.0 Å². The average Bonchev–Trinajstić information content (AvgIpc) is 3.77. The Morgan fingerprint density at radius 1 is 0.322 bits per heavy atom. The summed E-state index contributed by atoms with van der Waals surface area (Å²) in [5.74, 6) is 1.86. The van der Waals surface area contributed by atoms with E-state index >= 15 is 0 Å². The molecule has 1 heterocycles. The summed E-state index contributed by atoms with van der Waals surface area (Å²) in [7, 11) is 0. The van der Waals surface area contributed by atoms with Crippen LogP contribution in [0.1, 0.15) is 27.8 Å². The molecule has 0 unspecified atom stereocenters. The highest BCUT2D eigenvalue weighted by molar-refractivity contribution is 5.96. The molecule has 272 valence electrons. The first-order valence-corrected chi connectivity index (χ1v) is 19.9. The first kappa shape index (κ1) is 33.2. The molecule has 0 radical (unpaired) electrons. The van der Waals surface area contributed by atoms with Gasteiger partial charge in [0.15, 0.2) is 17.5 Å². The number of aromatic nitrogens is 3. The SMILES string of the molecule is N#Cc1ccc2c(c1)-c1cc(-c3cccc(-c4nc(-c5ccc6ccccc6c5)nc(-c5ccc6ccccc6c5)n4)c3)ccc1C21c2ccccc2-c2ccccc21. The van der Waals surface area contributed by atoms with Crippen molar-refractivity contribution < 1.29 is 0 Å². The standard InChI is InChI=1S/C55H32N4/c56-33-34-20-26-50-46(28-34)47-32-40(25-27-51(47)55(50)48-18-7-5-16-44(48)45-17-6-8-19-49(45)55)39-14-9-15-41(31-39)52-57-53(42-23-21-35-10-1-3-12-37(35)29-42)59-54(58-52)43-24-22-36-11-2-4-13-38(36)30-43/h1-32H. The molecule has 1 spiro atoms. The van der Waals surface area contributed by atoms with Crippen molar-refractivity contribution in [3.05, 3.63) is 222 Å². The Kier molecular flexibility index (Phi) is 7.17. The van der Waals surface area contributed by atoms with Crippen molar-refractivity contribution in [2.75, 3.05) is 0 Å². The van der Waals surface area contributed by atoms with Gasteiger partial charge in [-0.1, -0.05) is 158 Å². The maximum absolute atomic E-state index is 10.1. The van der Waals surface area contributed by atoms with Gasteiger partial charge in [0.1, 0.15) is 0 Å². The molecule has 10 aromatic rings. The molecule has 4 heteroatoms. The predicted octanol–water partition coefficient (Wildman–Crippen LogP) is 13.1. The third-order valence-electron chi connectivity index (χ3n) is 12.3. The lowest BCUT2D eigenvalue weighted by Crippen LogP contribution is -2.25. The molecular formula is C55H32N4. The van der Waals surface area contributed by atoms with Crippen molar-refractivity contribution in [1.29, 1.82) is 5.26 Å². The Morgan fingerprint density at radius 2 is 0.763 bits per heavy atom. The highest BCUT2D eigenvalue weighted by Gasteiger charge is 2.51. The molecule has 59 heavy (non-hydrogen) atoms. The molecular weight excluding hydrogens is 717 g/mol. The van der Waals surface area contributed by atoms with Gasteiger partial charge in [-0.15, -0.1) is 0 Å². The predicted molar refractivity (Wildman–Crippen MR) is 238 cm³/mol. The Labute approximate surface area is 341 Å².